The smallest absolute Gasteiger partial charge is 0.328 e. The third kappa shape index (κ3) is 5.24. The van der Waals surface area contributed by atoms with Gasteiger partial charge in [-0.1, -0.05) is 12.1 Å². The van der Waals surface area contributed by atoms with E-state index in [1.54, 1.807) is 29.2 Å². The Balaban J connectivity index is 0.00000300. The molecule has 1 fully saturated rings. The molecule has 0 spiro atoms. The number of para-hydroxylation sites is 1. The van der Waals surface area contributed by atoms with Gasteiger partial charge in [-0.15, -0.1) is 12.4 Å². The summed E-state index contributed by atoms with van der Waals surface area (Å²) in [6.07, 6.45) is 1.62. The lowest BCUT2D eigenvalue weighted by atomic mass is 9.97. The molecule has 9 nitrogen and oxygen atoms in total. The minimum atomic E-state index is -0.533. The minimum absolute atomic E-state index is 0. The van der Waals surface area contributed by atoms with Crippen molar-refractivity contribution >= 4 is 35.1 Å². The van der Waals surface area contributed by atoms with Gasteiger partial charge in [0, 0.05) is 39.1 Å². The van der Waals surface area contributed by atoms with Crippen molar-refractivity contribution in [1.82, 2.24) is 19.8 Å². The summed E-state index contributed by atoms with van der Waals surface area (Å²) < 4.78 is 1.41. The second-order valence-corrected chi connectivity index (χ2v) is 6.94. The molecule has 0 radical (unpaired) electrons. The number of hydrogen-bond acceptors (Lipinski definition) is 5. The highest BCUT2D eigenvalue weighted by atomic mass is 35.5. The number of benzene rings is 1. The zero-order valence-electron chi connectivity index (χ0n) is 16.1. The molecule has 0 bridgehead atoms. The second-order valence-electron chi connectivity index (χ2n) is 6.94. The Labute approximate surface area is 173 Å². The Hall–Kier alpha value is -2.65. The van der Waals surface area contributed by atoms with Crippen LogP contribution >= 0.6 is 12.4 Å². The minimum Gasteiger partial charge on any atom is -0.355 e. The lowest BCUT2D eigenvalue weighted by Crippen LogP contribution is -2.46. The van der Waals surface area contributed by atoms with Gasteiger partial charge >= 0.3 is 5.69 Å². The molecule has 0 aliphatic carbocycles. The second kappa shape index (κ2) is 10.2. The predicted molar refractivity (Wildman–Crippen MR) is 112 cm³/mol. The molecule has 3 rings (SSSR count). The Morgan fingerprint density at radius 2 is 2.00 bits per heavy atom. The Bertz CT molecular complexity index is 986. The van der Waals surface area contributed by atoms with E-state index in [0.29, 0.717) is 37.1 Å². The zero-order valence-corrected chi connectivity index (χ0v) is 16.9. The molecule has 1 aliphatic heterocycles. The van der Waals surface area contributed by atoms with Gasteiger partial charge in [-0.05, 0) is 25.0 Å². The van der Waals surface area contributed by atoms with Gasteiger partial charge in [0.15, 0.2) is 0 Å². The highest BCUT2D eigenvalue weighted by molar-refractivity contribution is 5.85. The van der Waals surface area contributed by atoms with Gasteiger partial charge in [0.2, 0.25) is 11.8 Å². The fourth-order valence-corrected chi connectivity index (χ4v) is 3.59. The van der Waals surface area contributed by atoms with Crippen LogP contribution in [0.3, 0.4) is 0 Å². The fourth-order valence-electron chi connectivity index (χ4n) is 3.59. The SMILES string of the molecule is Cl.NCCNC(=O)C1CCCN(C(=O)CCn2c(=O)[nH]c(=O)c3ccccc32)C1. The lowest BCUT2D eigenvalue weighted by Gasteiger charge is -2.32. The molecule has 2 aromatic rings. The van der Waals surface area contributed by atoms with Crippen molar-refractivity contribution in [2.75, 3.05) is 26.2 Å². The maximum Gasteiger partial charge on any atom is 0.328 e. The summed E-state index contributed by atoms with van der Waals surface area (Å²) in [5.41, 5.74) is 4.94. The van der Waals surface area contributed by atoms with Crippen LogP contribution < -0.4 is 22.3 Å². The van der Waals surface area contributed by atoms with E-state index in [1.165, 1.54) is 4.57 Å². The van der Waals surface area contributed by atoms with Crippen LogP contribution in [0.15, 0.2) is 33.9 Å². The number of carbonyl (C=O) groups is 2. The maximum absolute atomic E-state index is 12.7. The molecule has 1 aromatic heterocycles. The summed E-state index contributed by atoms with van der Waals surface area (Å²) in [5, 5.41) is 3.18. The average Bonchev–Trinajstić information content (AvgIpc) is 2.71. The van der Waals surface area contributed by atoms with E-state index in [9.17, 15) is 19.2 Å². The summed E-state index contributed by atoms with van der Waals surface area (Å²) in [6, 6.07) is 6.80. The topological polar surface area (TPSA) is 130 Å². The van der Waals surface area contributed by atoms with E-state index in [2.05, 4.69) is 10.3 Å². The van der Waals surface area contributed by atoms with Crippen LogP contribution in [0.4, 0.5) is 0 Å². The molecule has 2 amide bonds. The first-order chi connectivity index (χ1) is 13.5. The first kappa shape index (κ1) is 22.6. The number of piperidine rings is 1. The molecule has 158 valence electrons. The predicted octanol–water partition coefficient (Wildman–Crippen LogP) is -0.185. The number of nitrogens with one attached hydrogen (secondary N) is 2. The number of carbonyl (C=O) groups excluding carboxylic acids is 2. The summed E-state index contributed by atoms with van der Waals surface area (Å²) in [7, 11) is 0. The largest absolute Gasteiger partial charge is 0.355 e. The summed E-state index contributed by atoms with van der Waals surface area (Å²) in [5.74, 6) is -0.426. The molecule has 0 saturated carbocycles. The van der Waals surface area contributed by atoms with E-state index in [-0.39, 0.29) is 43.1 Å². The van der Waals surface area contributed by atoms with Gasteiger partial charge in [-0.3, -0.25) is 23.9 Å². The number of H-pyrrole nitrogens is 1. The van der Waals surface area contributed by atoms with Crippen LogP contribution in [-0.2, 0) is 16.1 Å². The van der Waals surface area contributed by atoms with Crippen molar-refractivity contribution in [1.29, 1.82) is 0 Å². The van der Waals surface area contributed by atoms with Gasteiger partial charge in [0.05, 0.1) is 16.8 Å². The van der Waals surface area contributed by atoms with Crippen molar-refractivity contribution in [3.8, 4) is 0 Å². The quantitative estimate of drug-likeness (QED) is 0.593. The fraction of sp³-hybridized carbons (Fsp3) is 0.474. The van der Waals surface area contributed by atoms with Gasteiger partial charge < -0.3 is 16.0 Å². The third-order valence-electron chi connectivity index (χ3n) is 5.04. The molecule has 1 atom stereocenters. The molecule has 4 N–H and O–H groups in total. The number of halogens is 1. The standard InChI is InChI=1S/C19H25N5O4.ClH/c20-8-9-21-17(26)13-4-3-10-23(12-13)16(25)7-11-24-15-6-2-1-5-14(15)18(27)22-19(24)28;/h1-2,5-6,13H,3-4,7-12,20H2,(H,21,26)(H,22,27,28);1H. The molecule has 10 heteroatoms. The molecule has 1 saturated heterocycles. The average molecular weight is 424 g/mol. The zero-order chi connectivity index (χ0) is 20.1. The summed E-state index contributed by atoms with van der Waals surface area (Å²) >= 11 is 0. The normalized spacial score (nSPS) is 16.3. The van der Waals surface area contributed by atoms with Crippen molar-refractivity contribution in [2.24, 2.45) is 11.7 Å². The van der Waals surface area contributed by atoms with Crippen LogP contribution in [0, 0.1) is 5.92 Å². The van der Waals surface area contributed by atoms with Crippen LogP contribution in [0.2, 0.25) is 0 Å². The van der Waals surface area contributed by atoms with Crippen molar-refractivity contribution in [3.05, 3.63) is 45.1 Å². The van der Waals surface area contributed by atoms with Gasteiger partial charge in [-0.2, -0.15) is 0 Å². The van der Waals surface area contributed by atoms with Crippen molar-refractivity contribution in [2.45, 2.75) is 25.8 Å². The van der Waals surface area contributed by atoms with E-state index < -0.39 is 11.2 Å². The monoisotopic (exact) mass is 423 g/mol. The maximum atomic E-state index is 12.7. The van der Waals surface area contributed by atoms with E-state index in [4.69, 9.17) is 5.73 Å². The lowest BCUT2D eigenvalue weighted by molar-refractivity contribution is -0.135. The highest BCUT2D eigenvalue weighted by Crippen LogP contribution is 2.18. The van der Waals surface area contributed by atoms with Crippen LogP contribution in [0.5, 0.6) is 0 Å². The third-order valence-corrected chi connectivity index (χ3v) is 5.04. The summed E-state index contributed by atoms with van der Waals surface area (Å²) in [4.78, 5) is 52.9. The Kier molecular flexibility index (Phi) is 7.98. The highest BCUT2D eigenvalue weighted by Gasteiger charge is 2.28. The van der Waals surface area contributed by atoms with Crippen molar-refractivity contribution < 1.29 is 9.59 Å². The Morgan fingerprint density at radius 3 is 2.76 bits per heavy atom. The van der Waals surface area contributed by atoms with Crippen LogP contribution in [0.1, 0.15) is 19.3 Å². The molecular formula is C19H26ClN5O4. The number of fused-ring (bicyclic) bond motifs is 1. The number of hydrogen-bond donors (Lipinski definition) is 3. The summed E-state index contributed by atoms with van der Waals surface area (Å²) in [6.45, 7) is 1.93. The first-order valence-corrected chi connectivity index (χ1v) is 9.48. The van der Waals surface area contributed by atoms with Crippen molar-refractivity contribution in [3.63, 3.8) is 0 Å². The number of aromatic amines is 1. The number of amides is 2. The van der Waals surface area contributed by atoms with Crippen LogP contribution in [-0.4, -0.2) is 52.4 Å². The van der Waals surface area contributed by atoms with E-state index in [0.717, 1.165) is 12.8 Å². The number of nitrogens with zero attached hydrogens (tertiary/aromatic N) is 2. The van der Waals surface area contributed by atoms with Gasteiger partial charge in [-0.25, -0.2) is 4.79 Å². The Morgan fingerprint density at radius 1 is 1.24 bits per heavy atom. The first-order valence-electron chi connectivity index (χ1n) is 9.48. The number of nitrogens with two attached hydrogens (primary N) is 1. The molecule has 1 aromatic carbocycles. The number of aromatic nitrogens is 2. The number of rotatable bonds is 6. The molecule has 29 heavy (non-hydrogen) atoms. The number of likely N-dealkylation sites (tertiary alicyclic amines) is 1. The van der Waals surface area contributed by atoms with Gasteiger partial charge in [0.1, 0.15) is 0 Å². The number of aryl methyl sites for hydroxylation is 1. The molecule has 1 aliphatic rings. The van der Waals surface area contributed by atoms with Crippen LogP contribution in [0.25, 0.3) is 10.9 Å². The molecule has 2 heterocycles. The van der Waals surface area contributed by atoms with E-state index >= 15 is 0 Å². The van der Waals surface area contributed by atoms with Gasteiger partial charge in [0.25, 0.3) is 5.56 Å². The van der Waals surface area contributed by atoms with E-state index in [1.807, 2.05) is 0 Å². The molecular weight excluding hydrogens is 398 g/mol. The molecule has 1 unspecified atom stereocenters.